The first-order valence-corrected chi connectivity index (χ1v) is 14.2. The fourth-order valence-corrected chi connectivity index (χ4v) is 5.18. The summed E-state index contributed by atoms with van der Waals surface area (Å²) in [6.45, 7) is 4.60. The van der Waals surface area contributed by atoms with Crippen molar-refractivity contribution in [2.45, 2.75) is 77.0 Å². The van der Waals surface area contributed by atoms with Gasteiger partial charge < -0.3 is 4.74 Å². The zero-order chi connectivity index (χ0) is 26.8. The molecule has 2 unspecified atom stereocenters. The summed E-state index contributed by atoms with van der Waals surface area (Å²) >= 11 is 0. The van der Waals surface area contributed by atoms with Crippen LogP contribution in [0.15, 0.2) is 96.8 Å². The van der Waals surface area contributed by atoms with E-state index < -0.39 is 17.6 Å². The van der Waals surface area contributed by atoms with Crippen LogP contribution in [0.4, 0.5) is 8.78 Å². The number of ether oxygens (including phenoxy) is 1. The van der Waals surface area contributed by atoms with Gasteiger partial charge in [-0.2, -0.15) is 0 Å². The summed E-state index contributed by atoms with van der Waals surface area (Å²) in [5.74, 6) is -0.727. The summed E-state index contributed by atoms with van der Waals surface area (Å²) in [5, 5.41) is 0. The number of benzene rings is 3. The van der Waals surface area contributed by atoms with E-state index in [1.165, 1.54) is 24.8 Å². The summed E-state index contributed by atoms with van der Waals surface area (Å²) in [7, 11) is 0. The minimum atomic E-state index is -1.80. The summed E-state index contributed by atoms with van der Waals surface area (Å²) in [4.78, 5) is 0. The summed E-state index contributed by atoms with van der Waals surface area (Å²) < 4.78 is 37.2. The normalized spacial score (nSPS) is 19.2. The predicted molar refractivity (Wildman–Crippen MR) is 156 cm³/mol. The Balaban J connectivity index is 1.47. The first-order valence-electron chi connectivity index (χ1n) is 14.2. The molecule has 3 heteroatoms. The van der Waals surface area contributed by atoms with Gasteiger partial charge in [0, 0.05) is 12.2 Å². The van der Waals surface area contributed by atoms with Crippen LogP contribution < -0.4 is 0 Å². The zero-order valence-electron chi connectivity index (χ0n) is 22.8. The van der Waals surface area contributed by atoms with Crippen molar-refractivity contribution in [3.05, 3.63) is 102 Å². The van der Waals surface area contributed by atoms with Crippen LogP contribution in [0.5, 0.6) is 0 Å². The van der Waals surface area contributed by atoms with Crippen molar-refractivity contribution >= 4 is 5.57 Å². The molecule has 0 fully saturated rings. The monoisotopic (exact) mass is 514 g/mol. The third kappa shape index (κ3) is 6.69. The third-order valence-electron chi connectivity index (χ3n) is 7.46. The van der Waals surface area contributed by atoms with Gasteiger partial charge in [0.2, 0.25) is 0 Å². The Hall–Kier alpha value is -3.04. The molecule has 0 amide bonds. The lowest BCUT2D eigenvalue weighted by molar-refractivity contribution is -0.0637. The van der Waals surface area contributed by atoms with Gasteiger partial charge in [0.15, 0.2) is 6.17 Å². The van der Waals surface area contributed by atoms with Crippen molar-refractivity contribution in [1.29, 1.82) is 0 Å². The van der Waals surface area contributed by atoms with E-state index in [9.17, 15) is 0 Å². The Morgan fingerprint density at radius 3 is 1.76 bits per heavy atom. The first kappa shape index (κ1) is 28.0. The summed E-state index contributed by atoms with van der Waals surface area (Å²) in [6, 6.07) is 26.4. The van der Waals surface area contributed by atoms with Gasteiger partial charge in [-0.3, -0.25) is 0 Å². The number of alkyl halides is 1. The van der Waals surface area contributed by atoms with Gasteiger partial charge in [0.05, 0.1) is 0 Å². The molecule has 0 spiro atoms. The molecule has 1 nitrogen and oxygen atoms in total. The van der Waals surface area contributed by atoms with Gasteiger partial charge in [-0.15, -0.1) is 0 Å². The molecule has 1 aliphatic carbocycles. The van der Waals surface area contributed by atoms with Crippen LogP contribution in [0.3, 0.4) is 0 Å². The number of hydrogen-bond acceptors (Lipinski definition) is 1. The van der Waals surface area contributed by atoms with Crippen molar-refractivity contribution in [2.24, 2.45) is 0 Å². The maximum atomic E-state index is 15.7. The van der Waals surface area contributed by atoms with Gasteiger partial charge in [0.25, 0.3) is 0 Å². The molecule has 1 aliphatic rings. The standard InChI is InChI=1S/C35H40F2O/c1-3-5-6-7-8-12-24-35(38-26-4-2)25-23-32(33(36)34(35)37)31-21-19-30(20-22-31)29-17-15-28(16-18-29)27-13-10-9-11-14-27/h9-11,13-23,25,34H,3-8,12,24,26H2,1-2H3. The lowest BCUT2D eigenvalue weighted by atomic mass is 9.82. The highest BCUT2D eigenvalue weighted by Crippen LogP contribution is 2.41. The van der Waals surface area contributed by atoms with E-state index in [2.05, 4.69) is 43.3 Å². The van der Waals surface area contributed by atoms with E-state index in [1.807, 2.05) is 49.4 Å². The Morgan fingerprint density at radius 2 is 1.18 bits per heavy atom. The molecule has 0 saturated carbocycles. The second-order valence-corrected chi connectivity index (χ2v) is 10.3. The van der Waals surface area contributed by atoms with E-state index in [0.29, 0.717) is 24.2 Å². The fraction of sp³-hybridized carbons (Fsp3) is 0.371. The van der Waals surface area contributed by atoms with Crippen LogP contribution in [-0.4, -0.2) is 18.4 Å². The zero-order valence-corrected chi connectivity index (χ0v) is 22.8. The molecule has 4 rings (SSSR count). The Morgan fingerprint density at radius 1 is 0.658 bits per heavy atom. The van der Waals surface area contributed by atoms with Crippen LogP contribution in [0.2, 0.25) is 0 Å². The van der Waals surface area contributed by atoms with Crippen molar-refractivity contribution in [2.75, 3.05) is 6.61 Å². The van der Waals surface area contributed by atoms with Crippen molar-refractivity contribution in [3.8, 4) is 22.3 Å². The number of allylic oxidation sites excluding steroid dienone is 2. The smallest absolute Gasteiger partial charge is 0.184 e. The van der Waals surface area contributed by atoms with Crippen molar-refractivity contribution in [3.63, 3.8) is 0 Å². The van der Waals surface area contributed by atoms with Gasteiger partial charge >= 0.3 is 0 Å². The molecule has 200 valence electrons. The second kappa shape index (κ2) is 13.7. The molecule has 0 bridgehead atoms. The van der Waals surface area contributed by atoms with Crippen LogP contribution >= 0.6 is 0 Å². The molecular formula is C35H40F2O. The quantitative estimate of drug-likeness (QED) is 0.206. The SMILES string of the molecule is CCCCCCCCC1(OCCC)C=CC(c2ccc(-c3ccc(-c4ccccc4)cc3)cc2)=C(F)C1F. The minimum absolute atomic E-state index is 0.308. The molecule has 38 heavy (non-hydrogen) atoms. The molecule has 0 aliphatic heterocycles. The fourth-order valence-electron chi connectivity index (χ4n) is 5.18. The van der Waals surface area contributed by atoms with Crippen molar-refractivity contribution < 1.29 is 13.5 Å². The highest BCUT2D eigenvalue weighted by molar-refractivity contribution is 5.80. The summed E-state index contributed by atoms with van der Waals surface area (Å²) in [6.07, 6.45) is 9.55. The van der Waals surface area contributed by atoms with E-state index in [0.717, 1.165) is 42.4 Å². The first-order chi connectivity index (χ1) is 18.6. The second-order valence-electron chi connectivity index (χ2n) is 10.3. The Kier molecular flexibility index (Phi) is 10.1. The Bertz CT molecular complexity index is 1190. The van der Waals surface area contributed by atoms with E-state index in [4.69, 9.17) is 4.74 Å². The average molecular weight is 515 g/mol. The lowest BCUT2D eigenvalue weighted by Crippen LogP contribution is -2.43. The van der Waals surface area contributed by atoms with E-state index >= 15 is 8.78 Å². The van der Waals surface area contributed by atoms with Gasteiger partial charge in [0.1, 0.15) is 11.4 Å². The Labute approximate surface area is 227 Å². The molecule has 0 heterocycles. The maximum Gasteiger partial charge on any atom is 0.184 e. The third-order valence-corrected chi connectivity index (χ3v) is 7.46. The molecule has 3 aromatic carbocycles. The topological polar surface area (TPSA) is 9.23 Å². The average Bonchev–Trinajstić information content (AvgIpc) is 2.97. The largest absolute Gasteiger partial charge is 0.367 e. The molecule has 0 aromatic heterocycles. The number of unbranched alkanes of at least 4 members (excludes halogenated alkanes) is 5. The van der Waals surface area contributed by atoms with Crippen LogP contribution in [0.1, 0.15) is 70.8 Å². The van der Waals surface area contributed by atoms with Crippen LogP contribution in [0.25, 0.3) is 27.8 Å². The van der Waals surface area contributed by atoms with Gasteiger partial charge in [-0.25, -0.2) is 8.78 Å². The number of hydrogen-bond donors (Lipinski definition) is 0. The van der Waals surface area contributed by atoms with Crippen LogP contribution in [-0.2, 0) is 4.74 Å². The molecule has 0 radical (unpaired) electrons. The molecule has 3 aromatic rings. The molecule has 0 saturated heterocycles. The van der Waals surface area contributed by atoms with Crippen molar-refractivity contribution in [1.82, 2.24) is 0 Å². The van der Waals surface area contributed by atoms with E-state index in [-0.39, 0.29) is 0 Å². The predicted octanol–water partition coefficient (Wildman–Crippen LogP) is 10.5. The number of halogens is 2. The lowest BCUT2D eigenvalue weighted by Gasteiger charge is -2.36. The highest BCUT2D eigenvalue weighted by Gasteiger charge is 2.43. The molecule has 2 atom stereocenters. The van der Waals surface area contributed by atoms with Crippen LogP contribution in [0, 0.1) is 0 Å². The van der Waals surface area contributed by atoms with Gasteiger partial charge in [-0.1, -0.05) is 137 Å². The highest BCUT2D eigenvalue weighted by atomic mass is 19.2. The number of rotatable bonds is 13. The molecule has 0 N–H and O–H groups in total. The van der Waals surface area contributed by atoms with Gasteiger partial charge in [-0.05, 0) is 46.7 Å². The molecular weight excluding hydrogens is 474 g/mol. The van der Waals surface area contributed by atoms with E-state index in [1.54, 1.807) is 12.2 Å². The summed E-state index contributed by atoms with van der Waals surface area (Å²) in [5.41, 5.74) is 4.23. The minimum Gasteiger partial charge on any atom is -0.367 e. The maximum absolute atomic E-state index is 15.7.